The van der Waals surface area contributed by atoms with Gasteiger partial charge in [-0.05, 0) is 24.5 Å². The fourth-order valence-corrected chi connectivity index (χ4v) is 1.61. The van der Waals surface area contributed by atoms with Crippen LogP contribution in [0.15, 0.2) is 36.7 Å². The van der Waals surface area contributed by atoms with E-state index in [2.05, 4.69) is 23.8 Å². The van der Waals surface area contributed by atoms with E-state index < -0.39 is 0 Å². The molecule has 0 aliphatic heterocycles. The van der Waals surface area contributed by atoms with Crippen molar-refractivity contribution >= 4 is 0 Å². The van der Waals surface area contributed by atoms with E-state index in [0.29, 0.717) is 5.92 Å². The van der Waals surface area contributed by atoms with Crippen LogP contribution in [0.5, 0.6) is 5.75 Å². The number of para-hydroxylation sites is 1. The Balaban J connectivity index is 2.11. The Bertz CT molecular complexity index is 449. The van der Waals surface area contributed by atoms with Gasteiger partial charge in [-0.1, -0.05) is 26.0 Å². The highest BCUT2D eigenvalue weighted by atomic mass is 16.5. The zero-order chi connectivity index (χ0) is 12.1. The molecule has 90 valence electrons. The smallest absolute Gasteiger partial charge is 0.141 e. The van der Waals surface area contributed by atoms with Gasteiger partial charge in [0, 0.05) is 12.4 Å². The molecule has 0 saturated heterocycles. The first-order chi connectivity index (χ1) is 8.27. The molecule has 0 amide bonds. The van der Waals surface area contributed by atoms with Crippen LogP contribution < -0.4 is 4.74 Å². The van der Waals surface area contributed by atoms with E-state index in [1.165, 1.54) is 0 Å². The van der Waals surface area contributed by atoms with Crippen molar-refractivity contribution in [1.82, 2.24) is 9.97 Å². The number of ether oxygens (including phenoxy) is 1. The molecular formula is C14H18N2O. The average molecular weight is 230 g/mol. The van der Waals surface area contributed by atoms with Crippen LogP contribution in [-0.2, 0) is 0 Å². The van der Waals surface area contributed by atoms with Gasteiger partial charge in [0.15, 0.2) is 0 Å². The van der Waals surface area contributed by atoms with E-state index >= 15 is 0 Å². The van der Waals surface area contributed by atoms with Gasteiger partial charge in [-0.15, -0.1) is 0 Å². The van der Waals surface area contributed by atoms with E-state index in [1.807, 2.05) is 30.5 Å². The third-order valence-corrected chi connectivity index (χ3v) is 2.59. The fourth-order valence-electron chi connectivity index (χ4n) is 1.61. The number of rotatable bonds is 5. The molecule has 1 N–H and O–H groups in total. The summed E-state index contributed by atoms with van der Waals surface area (Å²) in [5, 5.41) is 0. The van der Waals surface area contributed by atoms with Crippen molar-refractivity contribution in [2.24, 2.45) is 5.92 Å². The highest BCUT2D eigenvalue weighted by Gasteiger charge is 2.07. The lowest BCUT2D eigenvalue weighted by Gasteiger charge is -2.11. The van der Waals surface area contributed by atoms with E-state index in [-0.39, 0.29) is 0 Å². The molecule has 0 unspecified atom stereocenters. The molecule has 0 spiro atoms. The van der Waals surface area contributed by atoms with Gasteiger partial charge in [-0.2, -0.15) is 0 Å². The molecule has 0 fully saturated rings. The largest absolute Gasteiger partial charge is 0.493 e. The first kappa shape index (κ1) is 11.7. The van der Waals surface area contributed by atoms with Gasteiger partial charge in [0.2, 0.25) is 0 Å². The minimum absolute atomic E-state index is 0.658. The minimum atomic E-state index is 0.658. The SMILES string of the molecule is CC(C)CCOc1ccccc1-c1ncc[nH]1. The van der Waals surface area contributed by atoms with Crippen LogP contribution in [0.1, 0.15) is 20.3 Å². The normalized spacial score (nSPS) is 10.8. The summed E-state index contributed by atoms with van der Waals surface area (Å²) in [6.45, 7) is 5.14. The zero-order valence-electron chi connectivity index (χ0n) is 10.3. The predicted molar refractivity (Wildman–Crippen MR) is 69.0 cm³/mol. The summed E-state index contributed by atoms with van der Waals surface area (Å²) in [5.74, 6) is 2.40. The van der Waals surface area contributed by atoms with Crippen molar-refractivity contribution in [2.45, 2.75) is 20.3 Å². The Morgan fingerprint density at radius 2 is 2.12 bits per heavy atom. The van der Waals surface area contributed by atoms with Crippen LogP contribution in [0.4, 0.5) is 0 Å². The van der Waals surface area contributed by atoms with Gasteiger partial charge in [0.05, 0.1) is 12.2 Å². The van der Waals surface area contributed by atoms with Crippen LogP contribution >= 0.6 is 0 Å². The third kappa shape index (κ3) is 3.09. The van der Waals surface area contributed by atoms with Crippen molar-refractivity contribution in [2.75, 3.05) is 6.61 Å². The summed E-state index contributed by atoms with van der Waals surface area (Å²) >= 11 is 0. The summed E-state index contributed by atoms with van der Waals surface area (Å²) in [4.78, 5) is 7.36. The maximum atomic E-state index is 5.81. The molecule has 3 heteroatoms. The average Bonchev–Trinajstić information content (AvgIpc) is 2.82. The molecule has 2 aromatic rings. The molecule has 1 heterocycles. The van der Waals surface area contributed by atoms with Gasteiger partial charge in [0.25, 0.3) is 0 Å². The van der Waals surface area contributed by atoms with Gasteiger partial charge >= 0.3 is 0 Å². The summed E-state index contributed by atoms with van der Waals surface area (Å²) in [6.07, 6.45) is 4.63. The first-order valence-electron chi connectivity index (χ1n) is 5.99. The number of nitrogens with one attached hydrogen (secondary N) is 1. The summed E-state index contributed by atoms with van der Waals surface area (Å²) in [5.41, 5.74) is 1.02. The highest BCUT2D eigenvalue weighted by molar-refractivity contribution is 5.63. The van der Waals surface area contributed by atoms with Crippen molar-refractivity contribution in [3.63, 3.8) is 0 Å². The number of H-pyrrole nitrogens is 1. The van der Waals surface area contributed by atoms with Crippen LogP contribution in [0, 0.1) is 5.92 Å². The predicted octanol–water partition coefficient (Wildman–Crippen LogP) is 3.50. The quantitative estimate of drug-likeness (QED) is 0.853. The number of benzene rings is 1. The topological polar surface area (TPSA) is 37.9 Å². The Morgan fingerprint density at radius 3 is 2.82 bits per heavy atom. The lowest BCUT2D eigenvalue weighted by atomic mass is 10.1. The first-order valence-corrected chi connectivity index (χ1v) is 5.99. The van der Waals surface area contributed by atoms with E-state index in [9.17, 15) is 0 Å². The van der Waals surface area contributed by atoms with Gasteiger partial charge in [-0.25, -0.2) is 4.98 Å². The summed E-state index contributed by atoms with van der Waals surface area (Å²) < 4.78 is 5.81. The Morgan fingerprint density at radius 1 is 1.29 bits per heavy atom. The Hall–Kier alpha value is -1.77. The maximum Gasteiger partial charge on any atom is 0.141 e. The standard InChI is InChI=1S/C14H18N2O/c1-11(2)7-10-17-13-6-4-3-5-12(13)14-15-8-9-16-14/h3-6,8-9,11H,7,10H2,1-2H3,(H,15,16). The second-order valence-electron chi connectivity index (χ2n) is 4.46. The number of hydrogen-bond donors (Lipinski definition) is 1. The molecular weight excluding hydrogens is 212 g/mol. The highest BCUT2D eigenvalue weighted by Crippen LogP contribution is 2.27. The molecule has 0 saturated carbocycles. The fraction of sp³-hybridized carbons (Fsp3) is 0.357. The second-order valence-corrected chi connectivity index (χ2v) is 4.46. The maximum absolute atomic E-state index is 5.81. The van der Waals surface area contributed by atoms with Crippen LogP contribution in [-0.4, -0.2) is 16.6 Å². The number of aromatic amines is 1. The molecule has 1 aromatic heterocycles. The van der Waals surface area contributed by atoms with Crippen molar-refractivity contribution in [1.29, 1.82) is 0 Å². The number of aromatic nitrogens is 2. The van der Waals surface area contributed by atoms with Crippen LogP contribution in [0.25, 0.3) is 11.4 Å². The van der Waals surface area contributed by atoms with Crippen molar-refractivity contribution in [3.05, 3.63) is 36.7 Å². The third-order valence-electron chi connectivity index (χ3n) is 2.59. The molecule has 3 nitrogen and oxygen atoms in total. The second kappa shape index (κ2) is 5.53. The molecule has 0 bridgehead atoms. The molecule has 0 aliphatic rings. The van der Waals surface area contributed by atoms with Gasteiger partial charge < -0.3 is 9.72 Å². The van der Waals surface area contributed by atoms with E-state index in [0.717, 1.165) is 30.2 Å². The summed E-state index contributed by atoms with van der Waals surface area (Å²) in [7, 11) is 0. The Kier molecular flexibility index (Phi) is 3.81. The van der Waals surface area contributed by atoms with Crippen molar-refractivity contribution < 1.29 is 4.74 Å². The van der Waals surface area contributed by atoms with Crippen LogP contribution in [0.2, 0.25) is 0 Å². The number of imidazole rings is 1. The molecule has 2 rings (SSSR count). The molecule has 1 aromatic carbocycles. The van der Waals surface area contributed by atoms with Crippen molar-refractivity contribution in [3.8, 4) is 17.1 Å². The lowest BCUT2D eigenvalue weighted by molar-refractivity contribution is 0.290. The lowest BCUT2D eigenvalue weighted by Crippen LogP contribution is -2.02. The van der Waals surface area contributed by atoms with Gasteiger partial charge in [0.1, 0.15) is 11.6 Å². The Labute approximate surface area is 102 Å². The molecule has 17 heavy (non-hydrogen) atoms. The van der Waals surface area contributed by atoms with E-state index in [1.54, 1.807) is 6.20 Å². The van der Waals surface area contributed by atoms with Crippen LogP contribution in [0.3, 0.4) is 0 Å². The molecule has 0 radical (unpaired) electrons. The summed E-state index contributed by atoms with van der Waals surface area (Å²) in [6, 6.07) is 7.98. The minimum Gasteiger partial charge on any atom is -0.493 e. The number of nitrogens with zero attached hydrogens (tertiary/aromatic N) is 1. The monoisotopic (exact) mass is 230 g/mol. The number of hydrogen-bond acceptors (Lipinski definition) is 2. The van der Waals surface area contributed by atoms with E-state index in [4.69, 9.17) is 4.74 Å². The molecule has 0 aliphatic carbocycles. The van der Waals surface area contributed by atoms with Gasteiger partial charge in [-0.3, -0.25) is 0 Å². The molecule has 0 atom stereocenters. The zero-order valence-corrected chi connectivity index (χ0v) is 10.3.